The molecule has 0 saturated heterocycles. The van der Waals surface area contributed by atoms with Crippen molar-refractivity contribution in [2.24, 2.45) is 0 Å². The number of hydrogen-bond donors (Lipinski definition) is 1. The molecule has 0 atom stereocenters. The lowest BCUT2D eigenvalue weighted by Crippen LogP contribution is -1.97. The third kappa shape index (κ3) is 1.94. The summed E-state index contributed by atoms with van der Waals surface area (Å²) in [4.78, 5) is 4.15. The van der Waals surface area contributed by atoms with Crippen molar-refractivity contribution in [2.75, 3.05) is 5.73 Å². The van der Waals surface area contributed by atoms with E-state index < -0.39 is 0 Å². The summed E-state index contributed by atoms with van der Waals surface area (Å²) in [7, 11) is 0. The first-order valence-electron chi connectivity index (χ1n) is 4.63. The molecule has 15 heavy (non-hydrogen) atoms. The smallest absolute Gasteiger partial charge is 0.232 e. The second-order valence-corrected chi connectivity index (χ2v) is 3.91. The Balaban J connectivity index is 2.55. The Kier molecular flexibility index (Phi) is 2.59. The van der Waals surface area contributed by atoms with Crippen molar-refractivity contribution in [3.63, 3.8) is 0 Å². The minimum absolute atomic E-state index is 0.312. The van der Waals surface area contributed by atoms with E-state index in [4.69, 9.17) is 5.73 Å². The van der Waals surface area contributed by atoms with Crippen LogP contribution in [0.5, 0.6) is 0 Å². The van der Waals surface area contributed by atoms with E-state index in [1.165, 1.54) is 11.5 Å². The molecule has 2 rings (SSSR count). The van der Waals surface area contributed by atoms with Crippen LogP contribution in [0.4, 0.5) is 5.95 Å². The number of aryl methyl sites for hydroxylation is 2. The Hall–Kier alpha value is -1.56. The van der Waals surface area contributed by atoms with Crippen LogP contribution >= 0.6 is 11.5 Å². The van der Waals surface area contributed by atoms with Crippen molar-refractivity contribution in [3.8, 4) is 10.6 Å². The van der Waals surface area contributed by atoms with Gasteiger partial charge in [-0.2, -0.15) is 19.6 Å². The number of aromatic nitrogens is 4. The molecule has 0 aliphatic carbocycles. The van der Waals surface area contributed by atoms with E-state index in [1.807, 2.05) is 19.9 Å². The van der Waals surface area contributed by atoms with Gasteiger partial charge in [0.05, 0.1) is 11.4 Å². The Labute approximate surface area is 91.6 Å². The quantitative estimate of drug-likeness (QED) is 0.830. The number of anilines is 1. The van der Waals surface area contributed by atoms with Crippen LogP contribution in [-0.2, 0) is 6.42 Å². The fourth-order valence-electron chi connectivity index (χ4n) is 1.30. The normalized spacial score (nSPS) is 10.5. The maximum atomic E-state index is 5.50. The Morgan fingerprint density at radius 1 is 1.40 bits per heavy atom. The molecule has 78 valence electrons. The van der Waals surface area contributed by atoms with Gasteiger partial charge in [0.15, 0.2) is 0 Å². The first-order valence-corrected chi connectivity index (χ1v) is 5.40. The van der Waals surface area contributed by atoms with Gasteiger partial charge in [-0.15, -0.1) is 0 Å². The molecule has 0 fully saturated rings. The van der Waals surface area contributed by atoms with E-state index >= 15 is 0 Å². The predicted molar refractivity (Wildman–Crippen MR) is 59.5 cm³/mol. The zero-order valence-electron chi connectivity index (χ0n) is 8.56. The highest BCUT2D eigenvalue weighted by Crippen LogP contribution is 2.25. The fourth-order valence-corrected chi connectivity index (χ4v) is 1.94. The summed E-state index contributed by atoms with van der Waals surface area (Å²) in [6, 6.07) is 1.96. The molecule has 0 aliphatic heterocycles. The highest BCUT2D eigenvalue weighted by molar-refractivity contribution is 7.09. The molecule has 2 N–H and O–H groups in total. The highest BCUT2D eigenvalue weighted by atomic mass is 32.1. The van der Waals surface area contributed by atoms with Crippen molar-refractivity contribution in [2.45, 2.75) is 20.3 Å². The molecular formula is C9H11N5S. The van der Waals surface area contributed by atoms with Gasteiger partial charge in [-0.3, -0.25) is 0 Å². The van der Waals surface area contributed by atoms with Gasteiger partial charge in [0.25, 0.3) is 0 Å². The van der Waals surface area contributed by atoms with Gasteiger partial charge in [0.1, 0.15) is 5.01 Å². The van der Waals surface area contributed by atoms with Crippen molar-refractivity contribution in [3.05, 3.63) is 17.5 Å². The zero-order chi connectivity index (χ0) is 10.8. The van der Waals surface area contributed by atoms with E-state index in [2.05, 4.69) is 19.6 Å². The molecule has 0 unspecified atom stereocenters. The first kappa shape index (κ1) is 9.97. The summed E-state index contributed by atoms with van der Waals surface area (Å²) in [5.41, 5.74) is 8.28. The van der Waals surface area contributed by atoms with Gasteiger partial charge in [-0.1, -0.05) is 6.92 Å². The van der Waals surface area contributed by atoms with Crippen LogP contribution in [0.2, 0.25) is 0 Å². The van der Waals surface area contributed by atoms with Crippen LogP contribution in [0.1, 0.15) is 18.3 Å². The summed E-state index contributed by atoms with van der Waals surface area (Å²) < 4.78 is 3.96. The van der Waals surface area contributed by atoms with E-state index in [-0.39, 0.29) is 0 Å². The average Bonchev–Trinajstić information content (AvgIpc) is 2.65. The molecular weight excluding hydrogens is 210 g/mol. The van der Waals surface area contributed by atoms with E-state index in [0.29, 0.717) is 5.95 Å². The van der Waals surface area contributed by atoms with Gasteiger partial charge >= 0.3 is 0 Å². The molecule has 2 aromatic heterocycles. The van der Waals surface area contributed by atoms with E-state index in [0.717, 1.165) is 28.4 Å². The largest absolute Gasteiger partial charge is 0.367 e. The topological polar surface area (TPSA) is 77.6 Å². The van der Waals surface area contributed by atoms with E-state index in [9.17, 15) is 0 Å². The number of nitrogens with two attached hydrogens (primary N) is 1. The minimum Gasteiger partial charge on any atom is -0.367 e. The van der Waals surface area contributed by atoms with Gasteiger partial charge in [-0.05, 0) is 30.9 Å². The number of hydrogen-bond acceptors (Lipinski definition) is 6. The molecule has 0 saturated carbocycles. The third-order valence-electron chi connectivity index (χ3n) is 2.00. The second-order valence-electron chi connectivity index (χ2n) is 3.16. The zero-order valence-corrected chi connectivity index (χ0v) is 9.38. The van der Waals surface area contributed by atoms with Gasteiger partial charge in [0, 0.05) is 5.56 Å². The van der Waals surface area contributed by atoms with Gasteiger partial charge in [0.2, 0.25) is 5.95 Å². The van der Waals surface area contributed by atoms with Crippen molar-refractivity contribution in [1.82, 2.24) is 19.6 Å². The molecule has 6 heteroatoms. The van der Waals surface area contributed by atoms with Crippen LogP contribution in [0.25, 0.3) is 10.6 Å². The maximum Gasteiger partial charge on any atom is 0.232 e. The molecule has 2 heterocycles. The number of nitrogen functional groups attached to an aromatic ring is 1. The fraction of sp³-hybridized carbons (Fsp3) is 0.333. The van der Waals surface area contributed by atoms with Crippen molar-refractivity contribution in [1.29, 1.82) is 0 Å². The molecule has 0 aliphatic rings. The molecule has 0 bridgehead atoms. The lowest BCUT2D eigenvalue weighted by molar-refractivity contribution is 0.896. The standard InChI is InChI=1S/C9H11N5S/c1-3-7-6(4-5(2)12-13-7)8-11-9(10)14-15-8/h4H,3H2,1-2H3,(H2,10,14). The van der Waals surface area contributed by atoms with Gasteiger partial charge < -0.3 is 5.73 Å². The Morgan fingerprint density at radius 2 is 2.20 bits per heavy atom. The minimum atomic E-state index is 0.312. The summed E-state index contributed by atoms with van der Waals surface area (Å²) in [5, 5.41) is 8.96. The molecule has 2 aromatic rings. The lowest BCUT2D eigenvalue weighted by Gasteiger charge is -2.02. The van der Waals surface area contributed by atoms with Crippen LogP contribution < -0.4 is 5.73 Å². The third-order valence-corrected chi connectivity index (χ3v) is 2.76. The summed E-state index contributed by atoms with van der Waals surface area (Å²) in [5.74, 6) is 0.312. The Morgan fingerprint density at radius 3 is 2.80 bits per heavy atom. The number of nitrogens with zero attached hydrogens (tertiary/aromatic N) is 4. The molecule has 5 nitrogen and oxygen atoms in total. The second kappa shape index (κ2) is 3.90. The summed E-state index contributed by atoms with van der Waals surface area (Å²) in [6.07, 6.45) is 0.822. The van der Waals surface area contributed by atoms with Crippen molar-refractivity contribution >= 4 is 17.5 Å². The van der Waals surface area contributed by atoms with Crippen LogP contribution in [0.3, 0.4) is 0 Å². The van der Waals surface area contributed by atoms with Crippen LogP contribution in [0, 0.1) is 6.92 Å². The number of rotatable bonds is 2. The lowest BCUT2D eigenvalue weighted by atomic mass is 10.1. The maximum absolute atomic E-state index is 5.50. The molecule has 0 aromatic carbocycles. The summed E-state index contributed by atoms with van der Waals surface area (Å²) >= 11 is 1.29. The first-order chi connectivity index (χ1) is 7.20. The van der Waals surface area contributed by atoms with Crippen LogP contribution in [-0.4, -0.2) is 19.6 Å². The average molecular weight is 221 g/mol. The van der Waals surface area contributed by atoms with Crippen molar-refractivity contribution < 1.29 is 0 Å². The SMILES string of the molecule is CCc1nnc(C)cc1-c1nc(N)ns1. The molecule has 0 spiro atoms. The Bertz CT molecular complexity index is 479. The predicted octanol–water partition coefficient (Wildman–Crippen LogP) is 1.45. The summed E-state index contributed by atoms with van der Waals surface area (Å²) in [6.45, 7) is 3.94. The molecule has 0 amide bonds. The van der Waals surface area contributed by atoms with Gasteiger partial charge in [-0.25, -0.2) is 0 Å². The van der Waals surface area contributed by atoms with Crippen LogP contribution in [0.15, 0.2) is 6.07 Å². The highest BCUT2D eigenvalue weighted by Gasteiger charge is 2.10. The molecule has 0 radical (unpaired) electrons. The van der Waals surface area contributed by atoms with E-state index in [1.54, 1.807) is 0 Å². The monoisotopic (exact) mass is 221 g/mol.